The molecule has 4 heteroatoms. The fraction of sp³-hybridized carbons (Fsp3) is 1.00. The van der Waals surface area contributed by atoms with Crippen molar-refractivity contribution >= 4 is 22.6 Å². The number of rotatable bonds is 0. The van der Waals surface area contributed by atoms with E-state index in [1.807, 2.05) is 0 Å². The first kappa shape index (κ1) is 7.71. The quantitative estimate of drug-likeness (QED) is 0.349. The summed E-state index contributed by atoms with van der Waals surface area (Å²) in [6.45, 7) is 1.52. The average Bonchev–Trinajstić information content (AvgIpc) is 1.59. The lowest BCUT2D eigenvalue weighted by Crippen LogP contribution is -2.47. The van der Waals surface area contributed by atoms with Gasteiger partial charge >= 0.3 is 0 Å². The molecule has 1 aliphatic heterocycles. The van der Waals surface area contributed by atoms with E-state index in [4.69, 9.17) is 10.9 Å². The van der Waals surface area contributed by atoms with Gasteiger partial charge in [0.2, 0.25) is 0 Å². The van der Waals surface area contributed by atoms with Crippen molar-refractivity contribution < 1.29 is 5.11 Å². The Morgan fingerprint density at radius 2 is 2.22 bits per heavy atom. The van der Waals surface area contributed by atoms with Gasteiger partial charge in [-0.3, -0.25) is 5.84 Å². The lowest BCUT2D eigenvalue weighted by atomic mass is 10.1. The maximum atomic E-state index is 9.12. The molecule has 0 aromatic carbocycles. The van der Waals surface area contributed by atoms with Crippen LogP contribution < -0.4 is 5.84 Å². The van der Waals surface area contributed by atoms with Crippen LogP contribution in [0.25, 0.3) is 0 Å². The van der Waals surface area contributed by atoms with Crippen LogP contribution in [0.1, 0.15) is 6.42 Å². The van der Waals surface area contributed by atoms with Gasteiger partial charge < -0.3 is 5.11 Å². The molecule has 0 amide bonds. The molecule has 2 atom stereocenters. The molecule has 0 spiro atoms. The minimum Gasteiger partial charge on any atom is -0.392 e. The molecule has 3 N–H and O–H groups in total. The Balaban J connectivity index is 2.34. The predicted octanol–water partition coefficient (Wildman–Crippen LogP) is -0.270. The minimum absolute atomic E-state index is 0.217. The molecule has 0 bridgehead atoms. The standard InChI is InChI=1S/C5H11IN2O/c6-4-1-5(9)3-8(7)2-4/h4-5,9H,1-3,7H2/t4-,5+/m0/s1. The molecule has 0 aromatic heterocycles. The first-order valence-electron chi connectivity index (χ1n) is 3.00. The number of nitrogens with two attached hydrogens (primary N) is 1. The Labute approximate surface area is 68.3 Å². The van der Waals surface area contributed by atoms with Crippen molar-refractivity contribution in [3.05, 3.63) is 0 Å². The summed E-state index contributed by atoms with van der Waals surface area (Å²) in [5, 5.41) is 10.8. The SMILES string of the molecule is NN1C[C@H](O)C[C@H](I)C1. The average molecular weight is 242 g/mol. The van der Waals surface area contributed by atoms with Gasteiger partial charge in [0.25, 0.3) is 0 Å². The van der Waals surface area contributed by atoms with Crippen LogP contribution in [-0.2, 0) is 0 Å². The van der Waals surface area contributed by atoms with E-state index >= 15 is 0 Å². The Morgan fingerprint density at radius 3 is 2.67 bits per heavy atom. The van der Waals surface area contributed by atoms with Gasteiger partial charge in [0.05, 0.1) is 6.10 Å². The van der Waals surface area contributed by atoms with Crippen molar-refractivity contribution in [3.63, 3.8) is 0 Å². The third-order valence-corrected chi connectivity index (χ3v) is 2.31. The Morgan fingerprint density at radius 1 is 1.56 bits per heavy atom. The van der Waals surface area contributed by atoms with E-state index in [9.17, 15) is 0 Å². The number of β-amino-alcohol motifs (C(OH)–C–C–N with tert-alkyl or cyclic N) is 1. The second kappa shape index (κ2) is 3.14. The number of alkyl halides is 1. The van der Waals surface area contributed by atoms with Crippen LogP contribution in [0.3, 0.4) is 0 Å². The van der Waals surface area contributed by atoms with Crippen LogP contribution in [0, 0.1) is 0 Å². The van der Waals surface area contributed by atoms with Gasteiger partial charge in [0.15, 0.2) is 0 Å². The summed E-state index contributed by atoms with van der Waals surface area (Å²) in [4.78, 5) is 0. The normalized spacial score (nSPS) is 39.0. The summed E-state index contributed by atoms with van der Waals surface area (Å²) in [7, 11) is 0. The fourth-order valence-electron chi connectivity index (χ4n) is 1.04. The van der Waals surface area contributed by atoms with Crippen LogP contribution >= 0.6 is 22.6 Å². The number of aliphatic hydroxyl groups excluding tert-OH is 1. The van der Waals surface area contributed by atoms with E-state index in [2.05, 4.69) is 22.6 Å². The summed E-state index contributed by atoms with van der Waals surface area (Å²) in [6, 6.07) is 0. The molecule has 3 nitrogen and oxygen atoms in total. The lowest BCUT2D eigenvalue weighted by molar-refractivity contribution is 0.0770. The zero-order chi connectivity index (χ0) is 6.85. The minimum atomic E-state index is -0.217. The van der Waals surface area contributed by atoms with Crippen LogP contribution in [0.4, 0.5) is 0 Å². The summed E-state index contributed by atoms with van der Waals surface area (Å²) >= 11 is 2.31. The number of hydrogen-bond acceptors (Lipinski definition) is 3. The number of halogens is 1. The second-order valence-electron chi connectivity index (χ2n) is 2.44. The van der Waals surface area contributed by atoms with Crippen molar-refractivity contribution in [1.82, 2.24) is 5.01 Å². The maximum Gasteiger partial charge on any atom is 0.0691 e. The monoisotopic (exact) mass is 242 g/mol. The summed E-state index contributed by atoms with van der Waals surface area (Å²) in [6.07, 6.45) is 0.666. The van der Waals surface area contributed by atoms with Crippen molar-refractivity contribution in [2.75, 3.05) is 13.1 Å². The summed E-state index contributed by atoms with van der Waals surface area (Å²) in [5.41, 5.74) is 0. The largest absolute Gasteiger partial charge is 0.392 e. The molecule has 0 unspecified atom stereocenters. The zero-order valence-corrected chi connectivity index (χ0v) is 7.28. The Hall–Kier alpha value is 0.610. The highest BCUT2D eigenvalue weighted by atomic mass is 127. The Kier molecular flexibility index (Phi) is 2.69. The van der Waals surface area contributed by atoms with Crippen LogP contribution in [0.15, 0.2) is 0 Å². The predicted molar refractivity (Wildman–Crippen MR) is 44.2 cm³/mol. The third-order valence-electron chi connectivity index (χ3n) is 1.41. The zero-order valence-electron chi connectivity index (χ0n) is 5.13. The molecule has 0 radical (unpaired) electrons. The fourth-order valence-corrected chi connectivity index (χ4v) is 2.14. The summed E-state index contributed by atoms with van der Waals surface area (Å²) < 4.78 is 0.511. The van der Waals surface area contributed by atoms with E-state index < -0.39 is 0 Å². The molecule has 0 aromatic rings. The molecule has 0 aliphatic carbocycles. The number of hydrogen-bond donors (Lipinski definition) is 2. The van der Waals surface area contributed by atoms with Gasteiger partial charge in [0, 0.05) is 17.0 Å². The van der Waals surface area contributed by atoms with E-state index in [1.54, 1.807) is 5.01 Å². The van der Waals surface area contributed by atoms with Crippen molar-refractivity contribution in [1.29, 1.82) is 0 Å². The third kappa shape index (κ3) is 2.37. The molecule has 1 aliphatic rings. The van der Waals surface area contributed by atoms with Crippen molar-refractivity contribution in [3.8, 4) is 0 Å². The highest BCUT2D eigenvalue weighted by Crippen LogP contribution is 2.14. The van der Waals surface area contributed by atoms with Gasteiger partial charge in [-0.25, -0.2) is 5.01 Å². The van der Waals surface area contributed by atoms with Gasteiger partial charge in [-0.15, -0.1) is 0 Å². The number of piperidine rings is 1. The number of aliphatic hydroxyl groups is 1. The first-order valence-corrected chi connectivity index (χ1v) is 4.25. The highest BCUT2D eigenvalue weighted by Gasteiger charge is 2.21. The Bertz CT molecular complexity index is 75.9. The van der Waals surface area contributed by atoms with Gasteiger partial charge in [-0.2, -0.15) is 0 Å². The molecule has 9 heavy (non-hydrogen) atoms. The van der Waals surface area contributed by atoms with Crippen molar-refractivity contribution in [2.24, 2.45) is 5.84 Å². The van der Waals surface area contributed by atoms with E-state index in [-0.39, 0.29) is 6.10 Å². The summed E-state index contributed by atoms with van der Waals surface area (Å²) in [5.74, 6) is 5.48. The second-order valence-corrected chi connectivity index (χ2v) is 4.20. The smallest absolute Gasteiger partial charge is 0.0691 e. The molecular formula is C5H11IN2O. The first-order chi connectivity index (χ1) is 4.18. The molecule has 1 saturated heterocycles. The number of hydrazine groups is 1. The van der Waals surface area contributed by atoms with Gasteiger partial charge in [-0.1, -0.05) is 22.6 Å². The lowest BCUT2D eigenvalue weighted by Gasteiger charge is -2.29. The highest BCUT2D eigenvalue weighted by molar-refractivity contribution is 14.1. The maximum absolute atomic E-state index is 9.12. The molecular weight excluding hydrogens is 231 g/mol. The van der Waals surface area contributed by atoms with E-state index in [0.29, 0.717) is 10.5 Å². The molecule has 0 saturated carbocycles. The van der Waals surface area contributed by atoms with Crippen molar-refractivity contribution in [2.45, 2.75) is 16.4 Å². The van der Waals surface area contributed by atoms with E-state index in [0.717, 1.165) is 13.0 Å². The van der Waals surface area contributed by atoms with Crippen LogP contribution in [0.5, 0.6) is 0 Å². The number of nitrogens with zero attached hydrogens (tertiary/aromatic N) is 1. The van der Waals surface area contributed by atoms with Gasteiger partial charge in [0.1, 0.15) is 0 Å². The van der Waals surface area contributed by atoms with E-state index in [1.165, 1.54) is 0 Å². The molecule has 1 heterocycles. The van der Waals surface area contributed by atoms with Crippen LogP contribution in [-0.4, -0.2) is 33.2 Å². The molecule has 1 rings (SSSR count). The molecule has 54 valence electrons. The topological polar surface area (TPSA) is 49.5 Å². The van der Waals surface area contributed by atoms with Gasteiger partial charge in [-0.05, 0) is 6.42 Å². The van der Waals surface area contributed by atoms with Crippen LogP contribution in [0.2, 0.25) is 0 Å². The molecule has 1 fully saturated rings.